The molecule has 3 aromatic rings. The minimum absolute atomic E-state index is 0.0364. The number of anilines is 1. The molecule has 1 aliphatic rings. The second-order valence-electron chi connectivity index (χ2n) is 6.08. The molecular weight excluding hydrogens is 290 g/mol. The van der Waals surface area contributed by atoms with Crippen LogP contribution in [-0.4, -0.2) is 26.1 Å². The molecule has 4 rings (SSSR count). The van der Waals surface area contributed by atoms with Gasteiger partial charge in [0.05, 0.1) is 0 Å². The Bertz CT molecular complexity index is 830. The first kappa shape index (κ1) is 14.0. The highest BCUT2D eigenvalue weighted by atomic mass is 16.2. The predicted molar refractivity (Wildman–Crippen MR) is 88.1 cm³/mol. The van der Waals surface area contributed by atoms with E-state index in [1.54, 1.807) is 0 Å². The van der Waals surface area contributed by atoms with E-state index in [0.717, 1.165) is 37.9 Å². The molecule has 23 heavy (non-hydrogen) atoms. The number of benzene rings is 1. The van der Waals surface area contributed by atoms with E-state index in [1.165, 1.54) is 16.5 Å². The van der Waals surface area contributed by atoms with Crippen molar-refractivity contribution in [3.8, 4) is 0 Å². The van der Waals surface area contributed by atoms with E-state index in [9.17, 15) is 4.79 Å². The summed E-state index contributed by atoms with van der Waals surface area (Å²) in [5.41, 5.74) is 2.50. The first-order chi connectivity index (χ1) is 11.3. The third-order valence-corrected chi connectivity index (χ3v) is 4.25. The van der Waals surface area contributed by atoms with Gasteiger partial charge in [-0.25, -0.2) is 0 Å². The van der Waals surface area contributed by atoms with E-state index in [1.807, 2.05) is 6.07 Å². The topological polar surface area (TPSA) is 86.5 Å². The van der Waals surface area contributed by atoms with Crippen molar-refractivity contribution in [2.45, 2.75) is 32.1 Å². The number of carbonyl (C=O) groups is 1. The summed E-state index contributed by atoms with van der Waals surface area (Å²) in [5.74, 6) is 1.41. The Kier molecular flexibility index (Phi) is 3.57. The maximum Gasteiger partial charge on any atom is 0.248 e. The second kappa shape index (κ2) is 5.87. The molecule has 0 spiro atoms. The van der Waals surface area contributed by atoms with Crippen LogP contribution < -0.4 is 5.32 Å². The van der Waals surface area contributed by atoms with Crippen LogP contribution in [0, 0.1) is 5.92 Å². The number of aromatic amines is 2. The monoisotopic (exact) mass is 309 g/mol. The van der Waals surface area contributed by atoms with E-state index < -0.39 is 0 Å². The molecule has 1 aliphatic carbocycles. The van der Waals surface area contributed by atoms with Crippen LogP contribution in [0.1, 0.15) is 30.7 Å². The normalized spacial score (nSPS) is 14.3. The number of aromatic nitrogens is 4. The number of para-hydroxylation sites is 1. The number of hydrogen-bond acceptors (Lipinski definition) is 3. The van der Waals surface area contributed by atoms with Crippen LogP contribution in [0.3, 0.4) is 0 Å². The summed E-state index contributed by atoms with van der Waals surface area (Å²) in [6.07, 6.45) is 6.81. The van der Waals surface area contributed by atoms with Gasteiger partial charge in [-0.05, 0) is 37.3 Å². The number of carbonyl (C=O) groups excluding carboxylic acids is 1. The molecule has 2 heterocycles. The van der Waals surface area contributed by atoms with Crippen molar-refractivity contribution in [2.24, 2.45) is 5.92 Å². The minimum Gasteiger partial charge on any atom is -0.361 e. The molecule has 6 nitrogen and oxygen atoms in total. The van der Waals surface area contributed by atoms with Gasteiger partial charge in [-0.1, -0.05) is 18.2 Å². The fourth-order valence-electron chi connectivity index (χ4n) is 2.81. The van der Waals surface area contributed by atoms with Gasteiger partial charge in [-0.3, -0.25) is 15.2 Å². The average molecular weight is 309 g/mol. The third kappa shape index (κ3) is 3.11. The molecule has 1 amide bonds. The van der Waals surface area contributed by atoms with Gasteiger partial charge in [0.25, 0.3) is 0 Å². The van der Waals surface area contributed by atoms with Crippen molar-refractivity contribution in [1.29, 1.82) is 0 Å². The van der Waals surface area contributed by atoms with E-state index in [4.69, 9.17) is 0 Å². The summed E-state index contributed by atoms with van der Waals surface area (Å²) < 4.78 is 0. The quantitative estimate of drug-likeness (QED) is 0.654. The zero-order chi connectivity index (χ0) is 15.6. The van der Waals surface area contributed by atoms with Gasteiger partial charge in [0.1, 0.15) is 5.82 Å². The Hall–Kier alpha value is -2.63. The zero-order valence-corrected chi connectivity index (χ0v) is 12.8. The fourth-order valence-corrected chi connectivity index (χ4v) is 2.81. The van der Waals surface area contributed by atoms with E-state index in [0.29, 0.717) is 5.95 Å². The largest absolute Gasteiger partial charge is 0.361 e. The third-order valence-electron chi connectivity index (χ3n) is 4.25. The molecule has 0 radical (unpaired) electrons. The summed E-state index contributed by atoms with van der Waals surface area (Å²) in [4.78, 5) is 19.3. The van der Waals surface area contributed by atoms with Crippen molar-refractivity contribution in [3.63, 3.8) is 0 Å². The minimum atomic E-state index is 0.0364. The molecule has 0 atom stereocenters. The second-order valence-corrected chi connectivity index (χ2v) is 6.08. The number of hydrogen-bond donors (Lipinski definition) is 3. The van der Waals surface area contributed by atoms with Crippen LogP contribution in [-0.2, 0) is 17.6 Å². The highest BCUT2D eigenvalue weighted by Gasteiger charge is 2.30. The SMILES string of the molecule is O=C(Nc1n[nH]c(CCCc2c[nH]c3ccccc23)n1)C1CC1. The molecular formula is C17H19N5O. The number of H-pyrrole nitrogens is 2. The van der Waals surface area contributed by atoms with Crippen LogP contribution in [0.2, 0.25) is 0 Å². The summed E-state index contributed by atoms with van der Waals surface area (Å²) in [6, 6.07) is 8.32. The molecule has 118 valence electrons. The smallest absolute Gasteiger partial charge is 0.248 e. The number of fused-ring (bicyclic) bond motifs is 1. The van der Waals surface area contributed by atoms with Gasteiger partial charge in [0.15, 0.2) is 0 Å². The molecule has 0 unspecified atom stereocenters. The molecule has 1 fully saturated rings. The van der Waals surface area contributed by atoms with E-state index >= 15 is 0 Å². The highest BCUT2D eigenvalue weighted by molar-refractivity contribution is 5.92. The average Bonchev–Trinajstić information content (AvgIpc) is 3.21. The number of nitrogens with zero attached hydrogens (tertiary/aromatic N) is 2. The van der Waals surface area contributed by atoms with Crippen LogP contribution >= 0.6 is 0 Å². The van der Waals surface area contributed by atoms with Gasteiger partial charge < -0.3 is 4.98 Å². The lowest BCUT2D eigenvalue weighted by atomic mass is 10.1. The Morgan fingerprint density at radius 3 is 3.00 bits per heavy atom. The van der Waals surface area contributed by atoms with E-state index in [2.05, 4.69) is 49.9 Å². The molecule has 3 N–H and O–H groups in total. The molecule has 0 bridgehead atoms. The van der Waals surface area contributed by atoms with Crippen molar-refractivity contribution >= 4 is 22.8 Å². The zero-order valence-electron chi connectivity index (χ0n) is 12.8. The van der Waals surface area contributed by atoms with Gasteiger partial charge >= 0.3 is 0 Å². The van der Waals surface area contributed by atoms with Crippen molar-refractivity contribution < 1.29 is 4.79 Å². The van der Waals surface area contributed by atoms with Crippen LogP contribution in [0.15, 0.2) is 30.5 Å². The molecule has 2 aromatic heterocycles. The van der Waals surface area contributed by atoms with Gasteiger partial charge in [0.2, 0.25) is 11.9 Å². The van der Waals surface area contributed by atoms with Crippen LogP contribution in [0.5, 0.6) is 0 Å². The van der Waals surface area contributed by atoms with Crippen LogP contribution in [0.4, 0.5) is 5.95 Å². The number of rotatable bonds is 6. The summed E-state index contributed by atoms with van der Waals surface area (Å²) in [7, 11) is 0. The van der Waals surface area contributed by atoms with Gasteiger partial charge in [0, 0.05) is 29.4 Å². The molecule has 1 saturated carbocycles. The first-order valence-corrected chi connectivity index (χ1v) is 8.07. The van der Waals surface area contributed by atoms with Crippen molar-refractivity contribution in [2.75, 3.05) is 5.32 Å². The Labute approximate surface area is 133 Å². The molecule has 0 aliphatic heterocycles. The Morgan fingerprint density at radius 2 is 2.13 bits per heavy atom. The summed E-state index contributed by atoms with van der Waals surface area (Å²) in [5, 5.41) is 11.0. The first-order valence-electron chi connectivity index (χ1n) is 8.07. The number of amides is 1. The maximum atomic E-state index is 11.7. The van der Waals surface area contributed by atoms with Gasteiger partial charge in [-0.2, -0.15) is 4.98 Å². The number of aryl methyl sites for hydroxylation is 2. The highest BCUT2D eigenvalue weighted by Crippen LogP contribution is 2.29. The summed E-state index contributed by atoms with van der Waals surface area (Å²) >= 11 is 0. The summed E-state index contributed by atoms with van der Waals surface area (Å²) in [6.45, 7) is 0. The lowest BCUT2D eigenvalue weighted by molar-refractivity contribution is -0.117. The molecule has 1 aromatic carbocycles. The fraction of sp³-hybridized carbons (Fsp3) is 0.353. The van der Waals surface area contributed by atoms with E-state index in [-0.39, 0.29) is 11.8 Å². The molecule has 0 saturated heterocycles. The van der Waals surface area contributed by atoms with Gasteiger partial charge in [-0.15, -0.1) is 5.10 Å². The lowest BCUT2D eigenvalue weighted by Crippen LogP contribution is -2.14. The maximum absolute atomic E-state index is 11.7. The lowest BCUT2D eigenvalue weighted by Gasteiger charge is -1.98. The Morgan fingerprint density at radius 1 is 1.26 bits per heavy atom. The molecule has 6 heteroatoms. The number of nitrogens with one attached hydrogen (secondary N) is 3. The Balaban J connectivity index is 1.32. The predicted octanol–water partition coefficient (Wildman–Crippen LogP) is 2.81. The standard InChI is InChI=1S/C17H19N5O/c23-16(11-8-9-11)20-17-19-15(21-22-17)7-3-4-12-10-18-14-6-2-1-5-13(12)14/h1-2,5-6,10-11,18H,3-4,7-9H2,(H2,19,20,21,22,23). The van der Waals surface area contributed by atoms with Crippen molar-refractivity contribution in [1.82, 2.24) is 20.2 Å². The van der Waals surface area contributed by atoms with Crippen molar-refractivity contribution in [3.05, 3.63) is 41.9 Å². The van der Waals surface area contributed by atoms with Crippen LogP contribution in [0.25, 0.3) is 10.9 Å².